The Morgan fingerprint density at radius 2 is 1.54 bits per heavy atom. The maximum atomic E-state index is 14.5. The number of amides is 2. The second-order valence-corrected chi connectivity index (χ2v) is 12.3. The van der Waals surface area contributed by atoms with Gasteiger partial charge in [0.05, 0.1) is 21.5 Å². The predicted octanol–water partition coefficient (Wildman–Crippen LogP) is 6.76. The molecule has 0 aliphatic carbocycles. The van der Waals surface area contributed by atoms with Crippen LogP contribution in [0.5, 0.6) is 0 Å². The quantitative estimate of drug-likeness (QED) is 0.373. The van der Waals surface area contributed by atoms with E-state index >= 15 is 0 Å². The van der Waals surface area contributed by atoms with Crippen molar-refractivity contribution in [2.24, 2.45) is 0 Å². The fourth-order valence-electron chi connectivity index (χ4n) is 6.33. The van der Waals surface area contributed by atoms with E-state index in [1.54, 1.807) is 23.1 Å². The van der Waals surface area contributed by atoms with Crippen molar-refractivity contribution in [2.45, 2.75) is 43.0 Å². The zero-order valence-corrected chi connectivity index (χ0v) is 22.0. The van der Waals surface area contributed by atoms with Gasteiger partial charge in [-0.15, -0.1) is 11.8 Å². The van der Waals surface area contributed by atoms with Crippen molar-refractivity contribution < 1.29 is 9.59 Å². The Labute approximate surface area is 219 Å². The Morgan fingerprint density at radius 3 is 2.26 bits per heavy atom. The predicted molar refractivity (Wildman–Crippen MR) is 144 cm³/mol. The first kappa shape index (κ1) is 23.0. The second kappa shape index (κ2) is 7.52. The van der Waals surface area contributed by atoms with Crippen LogP contribution in [0.15, 0.2) is 66.7 Å². The van der Waals surface area contributed by atoms with Gasteiger partial charge in [0.2, 0.25) is 10.8 Å². The standard InChI is InChI=1S/C28H24Cl2N2O2S/c1-26(2)16-27(3,17-8-5-4-6-9-17)19-10-7-11-20-24(19)32(26)25(34)28(20)31(23(33)15-35-28)18-12-13-21(29)22(30)14-18/h4-14H,15-16H2,1-3H3/t27-,28+/m0/s1. The monoisotopic (exact) mass is 522 g/mol. The van der Waals surface area contributed by atoms with Gasteiger partial charge in [-0.3, -0.25) is 14.5 Å². The molecule has 0 radical (unpaired) electrons. The van der Waals surface area contributed by atoms with E-state index in [9.17, 15) is 9.59 Å². The van der Waals surface area contributed by atoms with Crippen LogP contribution in [0, 0.1) is 0 Å². The molecule has 3 aromatic carbocycles. The highest BCUT2D eigenvalue weighted by Gasteiger charge is 2.65. The summed E-state index contributed by atoms with van der Waals surface area (Å²) in [6.45, 7) is 6.50. The summed E-state index contributed by atoms with van der Waals surface area (Å²) < 4.78 is 0. The van der Waals surface area contributed by atoms with Crippen LogP contribution in [0.25, 0.3) is 0 Å². The normalized spacial score (nSPS) is 26.5. The van der Waals surface area contributed by atoms with Crippen LogP contribution < -0.4 is 9.80 Å². The fourth-order valence-corrected chi connectivity index (χ4v) is 7.95. The van der Waals surface area contributed by atoms with Gasteiger partial charge in [-0.25, -0.2) is 0 Å². The molecule has 0 unspecified atom stereocenters. The van der Waals surface area contributed by atoms with E-state index in [2.05, 4.69) is 51.1 Å². The van der Waals surface area contributed by atoms with E-state index in [1.165, 1.54) is 17.3 Å². The number of carbonyl (C=O) groups excluding carboxylic acids is 2. The highest BCUT2D eigenvalue weighted by atomic mass is 35.5. The SMILES string of the molecule is CC1(C)C[C@@](C)(c2ccccc2)c2cccc3c2N1C(=O)[C@]31SCC(=O)N1c1ccc(Cl)c(Cl)c1. The number of rotatable bonds is 2. The van der Waals surface area contributed by atoms with Gasteiger partial charge in [-0.1, -0.05) is 78.7 Å². The number of thioether (sulfide) groups is 1. The maximum Gasteiger partial charge on any atom is 0.269 e. The molecule has 1 spiro atoms. The average Bonchev–Trinajstić information content (AvgIpc) is 3.30. The summed E-state index contributed by atoms with van der Waals surface area (Å²) >= 11 is 13.9. The van der Waals surface area contributed by atoms with Gasteiger partial charge in [-0.2, -0.15) is 0 Å². The van der Waals surface area contributed by atoms with E-state index in [-0.39, 0.29) is 23.0 Å². The van der Waals surface area contributed by atoms with Crippen LogP contribution in [-0.4, -0.2) is 23.1 Å². The Kier molecular flexibility index (Phi) is 4.93. The van der Waals surface area contributed by atoms with Gasteiger partial charge in [-0.05, 0) is 49.6 Å². The van der Waals surface area contributed by atoms with E-state index in [0.717, 1.165) is 23.2 Å². The molecule has 3 heterocycles. The summed E-state index contributed by atoms with van der Waals surface area (Å²) in [5.74, 6) is 0.00432. The molecule has 3 aliphatic rings. The van der Waals surface area contributed by atoms with Crippen LogP contribution in [0.4, 0.5) is 11.4 Å². The number of halogens is 2. The van der Waals surface area contributed by atoms with Crippen molar-refractivity contribution in [1.82, 2.24) is 0 Å². The fraction of sp³-hybridized carbons (Fsp3) is 0.286. The van der Waals surface area contributed by atoms with Crippen molar-refractivity contribution >= 4 is 58.2 Å². The summed E-state index contributed by atoms with van der Waals surface area (Å²) in [5.41, 5.74) is 3.92. The molecule has 0 bridgehead atoms. The lowest BCUT2D eigenvalue weighted by Crippen LogP contribution is -2.58. The highest BCUT2D eigenvalue weighted by molar-refractivity contribution is 8.02. The van der Waals surface area contributed by atoms with Crippen LogP contribution in [0.2, 0.25) is 10.0 Å². The minimum absolute atomic E-state index is 0.0815. The number of benzene rings is 3. The number of hydrogen-bond donors (Lipinski definition) is 0. The largest absolute Gasteiger partial charge is 0.303 e. The molecule has 178 valence electrons. The van der Waals surface area contributed by atoms with Crippen LogP contribution in [-0.2, 0) is 19.9 Å². The van der Waals surface area contributed by atoms with Gasteiger partial charge < -0.3 is 4.90 Å². The van der Waals surface area contributed by atoms with Crippen molar-refractivity contribution in [3.05, 3.63) is 93.5 Å². The summed E-state index contributed by atoms with van der Waals surface area (Å²) in [4.78, 5) is 30.2. The lowest BCUT2D eigenvalue weighted by atomic mass is 9.65. The molecule has 0 aromatic heterocycles. The third-order valence-corrected chi connectivity index (χ3v) is 9.77. The Morgan fingerprint density at radius 1 is 0.829 bits per heavy atom. The van der Waals surface area contributed by atoms with E-state index < -0.39 is 10.4 Å². The van der Waals surface area contributed by atoms with Gasteiger partial charge in [0.25, 0.3) is 5.91 Å². The molecule has 2 atom stereocenters. The van der Waals surface area contributed by atoms with Crippen LogP contribution >= 0.6 is 35.0 Å². The zero-order valence-electron chi connectivity index (χ0n) is 19.6. The molecule has 0 N–H and O–H groups in total. The summed E-state index contributed by atoms with van der Waals surface area (Å²) in [6, 6.07) is 21.7. The molecule has 2 amide bonds. The Bertz CT molecular complexity index is 1410. The lowest BCUT2D eigenvalue weighted by Gasteiger charge is -2.50. The van der Waals surface area contributed by atoms with Crippen molar-refractivity contribution in [2.75, 3.05) is 15.6 Å². The van der Waals surface area contributed by atoms with Crippen molar-refractivity contribution in [1.29, 1.82) is 0 Å². The van der Waals surface area contributed by atoms with E-state index in [1.807, 2.05) is 23.1 Å². The molecule has 4 nitrogen and oxygen atoms in total. The number of anilines is 2. The molecule has 7 heteroatoms. The maximum absolute atomic E-state index is 14.5. The molecular formula is C28H24Cl2N2O2S. The van der Waals surface area contributed by atoms with Crippen molar-refractivity contribution in [3.8, 4) is 0 Å². The van der Waals surface area contributed by atoms with Gasteiger partial charge in [0.15, 0.2) is 0 Å². The molecule has 3 aliphatic heterocycles. The molecule has 0 saturated carbocycles. The number of fused-ring (bicyclic) bond motifs is 1. The summed E-state index contributed by atoms with van der Waals surface area (Å²) in [7, 11) is 0. The first-order valence-electron chi connectivity index (χ1n) is 11.6. The highest BCUT2D eigenvalue weighted by Crippen LogP contribution is 2.63. The Hall–Kier alpha value is -2.47. The first-order chi connectivity index (χ1) is 16.6. The summed E-state index contributed by atoms with van der Waals surface area (Å²) in [6.07, 6.45) is 0.758. The second-order valence-electron chi connectivity index (χ2n) is 10.3. The van der Waals surface area contributed by atoms with E-state index in [0.29, 0.717) is 15.7 Å². The topological polar surface area (TPSA) is 40.6 Å². The Balaban J connectivity index is 1.63. The first-order valence-corrected chi connectivity index (χ1v) is 13.3. The molecular weight excluding hydrogens is 499 g/mol. The number of hydrogen-bond acceptors (Lipinski definition) is 3. The third kappa shape index (κ3) is 2.95. The lowest BCUT2D eigenvalue weighted by molar-refractivity contribution is -0.124. The number of nitrogens with zero attached hydrogens (tertiary/aromatic N) is 2. The molecule has 6 rings (SSSR count). The van der Waals surface area contributed by atoms with Gasteiger partial charge >= 0.3 is 0 Å². The van der Waals surface area contributed by atoms with Crippen LogP contribution in [0.3, 0.4) is 0 Å². The number of para-hydroxylation sites is 1. The van der Waals surface area contributed by atoms with Gasteiger partial charge in [0.1, 0.15) is 0 Å². The van der Waals surface area contributed by atoms with Gasteiger partial charge in [0, 0.05) is 22.2 Å². The summed E-state index contributed by atoms with van der Waals surface area (Å²) in [5, 5.41) is 0.755. The molecule has 35 heavy (non-hydrogen) atoms. The molecule has 1 saturated heterocycles. The minimum Gasteiger partial charge on any atom is -0.303 e. The van der Waals surface area contributed by atoms with Crippen molar-refractivity contribution in [3.63, 3.8) is 0 Å². The molecule has 3 aromatic rings. The van der Waals surface area contributed by atoms with Crippen LogP contribution in [0.1, 0.15) is 43.9 Å². The average molecular weight is 523 g/mol. The number of carbonyl (C=O) groups is 2. The third-order valence-electron chi connectivity index (χ3n) is 7.64. The molecule has 1 fully saturated rings. The smallest absolute Gasteiger partial charge is 0.269 e. The zero-order chi connectivity index (χ0) is 24.8. The van der Waals surface area contributed by atoms with E-state index in [4.69, 9.17) is 23.2 Å². The minimum atomic E-state index is -1.18.